The average molecular weight is 383 g/mol. The van der Waals surface area contributed by atoms with Crippen molar-refractivity contribution < 1.29 is 23.7 Å². The van der Waals surface area contributed by atoms with E-state index in [-0.39, 0.29) is 6.10 Å². The molecular weight excluding hydrogens is 358 g/mol. The fraction of sp³-hybridized carbons (Fsp3) is 0.455. The second-order valence-corrected chi connectivity index (χ2v) is 7.39. The van der Waals surface area contributed by atoms with Gasteiger partial charge in [0.05, 0.1) is 38.6 Å². The Morgan fingerprint density at radius 3 is 2.82 bits per heavy atom. The summed E-state index contributed by atoms with van der Waals surface area (Å²) >= 11 is 0. The maximum atomic E-state index is 6.68. The Bertz CT molecular complexity index is 851. The minimum atomic E-state index is -0.978. The molecule has 1 spiro atoms. The second-order valence-electron chi connectivity index (χ2n) is 7.39. The van der Waals surface area contributed by atoms with E-state index in [1.807, 2.05) is 30.3 Å². The van der Waals surface area contributed by atoms with Crippen LogP contribution in [0, 0.1) is 0 Å². The Labute approximate surface area is 164 Å². The molecule has 6 heteroatoms. The van der Waals surface area contributed by atoms with Crippen LogP contribution in [0.1, 0.15) is 16.7 Å². The molecule has 0 radical (unpaired) electrons. The molecule has 0 amide bonds. The van der Waals surface area contributed by atoms with Gasteiger partial charge < -0.3 is 23.7 Å². The number of methoxy groups -OCH3 is 1. The predicted molar refractivity (Wildman–Crippen MR) is 103 cm³/mol. The Morgan fingerprint density at radius 2 is 1.96 bits per heavy atom. The van der Waals surface area contributed by atoms with Gasteiger partial charge in [0, 0.05) is 25.2 Å². The van der Waals surface area contributed by atoms with Crippen molar-refractivity contribution in [2.75, 3.05) is 46.6 Å². The Hall–Kier alpha value is -2.12. The number of ether oxygens (including phenoxy) is 5. The van der Waals surface area contributed by atoms with Gasteiger partial charge in [-0.15, -0.1) is 0 Å². The van der Waals surface area contributed by atoms with Crippen LogP contribution < -0.4 is 9.47 Å². The third-order valence-electron chi connectivity index (χ3n) is 5.67. The lowest BCUT2D eigenvalue weighted by Crippen LogP contribution is -2.42. The van der Waals surface area contributed by atoms with E-state index in [4.69, 9.17) is 23.7 Å². The number of benzene rings is 2. The van der Waals surface area contributed by atoms with Crippen LogP contribution in [0.3, 0.4) is 0 Å². The molecule has 0 aliphatic carbocycles. The van der Waals surface area contributed by atoms with Gasteiger partial charge in [0.2, 0.25) is 5.79 Å². The number of hydrogen-bond acceptors (Lipinski definition) is 6. The van der Waals surface area contributed by atoms with Crippen LogP contribution in [-0.2, 0) is 26.6 Å². The largest absolute Gasteiger partial charge is 0.497 e. The summed E-state index contributed by atoms with van der Waals surface area (Å²) in [6, 6.07) is 14.0. The quantitative estimate of drug-likeness (QED) is 0.812. The van der Waals surface area contributed by atoms with Gasteiger partial charge in [0.15, 0.2) is 0 Å². The van der Waals surface area contributed by atoms with E-state index in [2.05, 4.69) is 17.0 Å². The molecule has 6 nitrogen and oxygen atoms in total. The van der Waals surface area contributed by atoms with Crippen LogP contribution in [0.4, 0.5) is 0 Å². The zero-order valence-corrected chi connectivity index (χ0v) is 16.1. The fourth-order valence-corrected chi connectivity index (χ4v) is 4.24. The van der Waals surface area contributed by atoms with Crippen molar-refractivity contribution in [3.05, 3.63) is 59.2 Å². The average Bonchev–Trinajstić information content (AvgIpc) is 3.12. The van der Waals surface area contributed by atoms with Crippen molar-refractivity contribution in [1.29, 1.82) is 0 Å². The maximum absolute atomic E-state index is 6.68. The van der Waals surface area contributed by atoms with Crippen molar-refractivity contribution in [2.45, 2.75) is 18.5 Å². The first-order valence-electron chi connectivity index (χ1n) is 9.80. The second kappa shape index (κ2) is 7.37. The molecule has 2 fully saturated rings. The van der Waals surface area contributed by atoms with Gasteiger partial charge in [-0.05, 0) is 23.8 Å². The molecule has 148 valence electrons. The Balaban J connectivity index is 1.54. The van der Waals surface area contributed by atoms with E-state index in [1.54, 1.807) is 7.11 Å². The van der Waals surface area contributed by atoms with Gasteiger partial charge >= 0.3 is 0 Å². The number of hydrogen-bond donors (Lipinski definition) is 0. The van der Waals surface area contributed by atoms with Crippen LogP contribution in [0.15, 0.2) is 42.5 Å². The van der Waals surface area contributed by atoms with E-state index in [9.17, 15) is 0 Å². The zero-order valence-electron chi connectivity index (χ0n) is 16.1. The third-order valence-corrected chi connectivity index (χ3v) is 5.67. The number of fused-ring (bicyclic) bond motifs is 4. The number of nitrogens with zero attached hydrogens (tertiary/aromatic N) is 1. The van der Waals surface area contributed by atoms with Crippen LogP contribution in [-0.4, -0.2) is 57.6 Å². The van der Waals surface area contributed by atoms with E-state index in [1.165, 1.54) is 0 Å². The predicted octanol–water partition coefficient (Wildman–Crippen LogP) is 2.54. The Morgan fingerprint density at radius 1 is 1.11 bits per heavy atom. The number of morpholine rings is 1. The van der Waals surface area contributed by atoms with Crippen molar-refractivity contribution in [3.8, 4) is 11.5 Å². The first kappa shape index (κ1) is 17.9. The minimum Gasteiger partial charge on any atom is -0.497 e. The fourth-order valence-electron chi connectivity index (χ4n) is 4.24. The van der Waals surface area contributed by atoms with Gasteiger partial charge in [-0.3, -0.25) is 4.90 Å². The summed E-state index contributed by atoms with van der Waals surface area (Å²) in [7, 11) is 1.66. The van der Waals surface area contributed by atoms with E-state index < -0.39 is 5.79 Å². The molecule has 0 aromatic heterocycles. The van der Waals surface area contributed by atoms with E-state index in [0.717, 1.165) is 61.0 Å². The van der Waals surface area contributed by atoms with Crippen LogP contribution in [0.5, 0.6) is 11.5 Å². The molecule has 0 bridgehead atoms. The molecule has 28 heavy (non-hydrogen) atoms. The lowest BCUT2D eigenvalue weighted by molar-refractivity contribution is -0.146. The number of rotatable bonds is 3. The standard InChI is InChI=1S/C22H25NO5/c1-24-17-6-7-21-20(12-17)22(19-5-3-2-4-16(19)14-26-21)27-15-18(28-22)13-23-8-10-25-11-9-23/h2-7,12,18H,8-11,13-15H2,1H3. The van der Waals surface area contributed by atoms with E-state index >= 15 is 0 Å². The summed E-state index contributed by atoms with van der Waals surface area (Å²) in [5, 5.41) is 0. The normalized spacial score (nSPS) is 27.0. The molecule has 2 atom stereocenters. The molecule has 2 aromatic rings. The Kier molecular flexibility index (Phi) is 4.72. The summed E-state index contributed by atoms with van der Waals surface area (Å²) in [5.74, 6) is 0.544. The highest BCUT2D eigenvalue weighted by molar-refractivity contribution is 5.51. The minimum absolute atomic E-state index is 0.0247. The first-order valence-corrected chi connectivity index (χ1v) is 9.80. The molecule has 5 rings (SSSR count). The maximum Gasteiger partial charge on any atom is 0.227 e. The lowest BCUT2D eigenvalue weighted by atomic mass is 9.93. The first-order chi connectivity index (χ1) is 13.8. The highest BCUT2D eigenvalue weighted by Crippen LogP contribution is 2.48. The van der Waals surface area contributed by atoms with Crippen molar-refractivity contribution >= 4 is 0 Å². The molecule has 0 N–H and O–H groups in total. The van der Waals surface area contributed by atoms with Gasteiger partial charge in [-0.2, -0.15) is 0 Å². The molecule has 3 aliphatic rings. The van der Waals surface area contributed by atoms with Gasteiger partial charge in [0.25, 0.3) is 0 Å². The summed E-state index contributed by atoms with van der Waals surface area (Å²) in [4.78, 5) is 2.38. The summed E-state index contributed by atoms with van der Waals surface area (Å²) in [6.07, 6.45) is -0.0247. The molecule has 2 aromatic carbocycles. The lowest BCUT2D eigenvalue weighted by Gasteiger charge is -2.31. The smallest absolute Gasteiger partial charge is 0.227 e. The highest BCUT2D eigenvalue weighted by atomic mass is 16.7. The molecule has 2 saturated heterocycles. The summed E-state index contributed by atoms with van der Waals surface area (Å²) in [5.41, 5.74) is 2.94. The molecule has 3 aliphatic heterocycles. The van der Waals surface area contributed by atoms with E-state index in [0.29, 0.717) is 13.2 Å². The van der Waals surface area contributed by atoms with Gasteiger partial charge in [-0.1, -0.05) is 24.3 Å². The van der Waals surface area contributed by atoms with Crippen molar-refractivity contribution in [3.63, 3.8) is 0 Å². The SMILES string of the molecule is COc1ccc2c(c1)C1(OCC(CN3CCOCC3)O1)c1ccccc1CO2. The van der Waals surface area contributed by atoms with Crippen LogP contribution in [0.2, 0.25) is 0 Å². The highest BCUT2D eigenvalue weighted by Gasteiger charge is 2.49. The summed E-state index contributed by atoms with van der Waals surface area (Å²) < 4.78 is 30.2. The molecular formula is C22H25NO5. The third kappa shape index (κ3) is 3.06. The van der Waals surface area contributed by atoms with Crippen LogP contribution in [0.25, 0.3) is 0 Å². The van der Waals surface area contributed by atoms with Crippen molar-refractivity contribution in [1.82, 2.24) is 4.90 Å². The molecule has 3 heterocycles. The zero-order chi connectivity index (χ0) is 19.0. The van der Waals surface area contributed by atoms with Gasteiger partial charge in [0.1, 0.15) is 18.1 Å². The summed E-state index contributed by atoms with van der Waals surface area (Å²) in [6.45, 7) is 5.24. The van der Waals surface area contributed by atoms with Gasteiger partial charge in [-0.25, -0.2) is 0 Å². The monoisotopic (exact) mass is 383 g/mol. The van der Waals surface area contributed by atoms with Crippen LogP contribution >= 0.6 is 0 Å². The molecule has 0 saturated carbocycles. The molecule has 2 unspecified atom stereocenters. The topological polar surface area (TPSA) is 49.4 Å². The van der Waals surface area contributed by atoms with Crippen molar-refractivity contribution in [2.24, 2.45) is 0 Å².